The van der Waals surface area contributed by atoms with Gasteiger partial charge in [0, 0.05) is 31.7 Å². The Morgan fingerprint density at radius 3 is 2.31 bits per heavy atom. The van der Waals surface area contributed by atoms with Gasteiger partial charge in [-0.2, -0.15) is 4.31 Å². The van der Waals surface area contributed by atoms with Crippen LogP contribution in [0.25, 0.3) is 0 Å². The Kier molecular flexibility index (Phi) is 4.90. The molecule has 140 valence electrons. The molecule has 1 amide bonds. The fourth-order valence-electron chi connectivity index (χ4n) is 3.24. The van der Waals surface area contributed by atoms with Gasteiger partial charge in [0.2, 0.25) is 10.0 Å². The van der Waals surface area contributed by atoms with Crippen LogP contribution in [0.1, 0.15) is 32.9 Å². The molecule has 0 bridgehead atoms. The van der Waals surface area contributed by atoms with E-state index in [-0.39, 0.29) is 29.7 Å². The lowest BCUT2D eigenvalue weighted by Crippen LogP contribution is -2.50. The van der Waals surface area contributed by atoms with Crippen LogP contribution in [-0.2, 0) is 10.0 Å². The number of hydrogen-bond acceptors (Lipinski definition) is 5. The number of aromatic nitrogens is 1. The summed E-state index contributed by atoms with van der Waals surface area (Å²) < 4.78 is 32.1. The Morgan fingerprint density at radius 2 is 1.73 bits per heavy atom. The van der Waals surface area contributed by atoms with Crippen LogP contribution in [0.3, 0.4) is 0 Å². The largest absolute Gasteiger partial charge is 0.360 e. The minimum absolute atomic E-state index is 0.0550. The van der Waals surface area contributed by atoms with Crippen molar-refractivity contribution in [2.24, 2.45) is 0 Å². The van der Waals surface area contributed by atoms with E-state index >= 15 is 0 Å². The predicted molar refractivity (Wildman–Crippen MR) is 96.6 cm³/mol. The highest BCUT2D eigenvalue weighted by molar-refractivity contribution is 7.89. The Morgan fingerprint density at radius 1 is 1.08 bits per heavy atom. The fraction of sp³-hybridized carbons (Fsp3) is 0.444. The van der Waals surface area contributed by atoms with Crippen molar-refractivity contribution in [3.05, 3.63) is 46.3 Å². The van der Waals surface area contributed by atoms with Gasteiger partial charge < -0.3 is 9.42 Å². The molecule has 1 saturated heterocycles. The number of benzene rings is 1. The average molecular weight is 377 g/mol. The monoisotopic (exact) mass is 377 g/mol. The Labute approximate surface area is 153 Å². The second kappa shape index (κ2) is 6.85. The molecule has 0 unspecified atom stereocenters. The number of aryl methyl sites for hydroxylation is 4. The number of piperazine rings is 1. The molecule has 0 saturated carbocycles. The molecule has 1 fully saturated rings. The fourth-order valence-corrected chi connectivity index (χ4v) is 4.95. The van der Waals surface area contributed by atoms with Crippen LogP contribution >= 0.6 is 0 Å². The standard InChI is InChI=1S/C18H23N3O4S/c1-12-5-6-13(2)16(11-12)18(22)20-7-9-21(10-8-20)26(23,24)17-14(3)19-25-15(17)4/h5-6,11H,7-10H2,1-4H3. The lowest BCUT2D eigenvalue weighted by atomic mass is 10.0. The van der Waals surface area contributed by atoms with Gasteiger partial charge in [-0.3, -0.25) is 4.79 Å². The molecule has 1 aromatic heterocycles. The Bertz CT molecular complexity index is 922. The van der Waals surface area contributed by atoms with Crippen LogP contribution in [0.5, 0.6) is 0 Å². The van der Waals surface area contributed by atoms with Crippen molar-refractivity contribution in [1.29, 1.82) is 0 Å². The molecule has 7 nitrogen and oxygen atoms in total. The second-order valence-corrected chi connectivity index (χ2v) is 8.54. The van der Waals surface area contributed by atoms with E-state index in [1.165, 1.54) is 4.31 Å². The molecule has 8 heteroatoms. The van der Waals surface area contributed by atoms with Crippen molar-refractivity contribution in [2.75, 3.05) is 26.2 Å². The number of nitrogens with zero attached hydrogens (tertiary/aromatic N) is 3. The van der Waals surface area contributed by atoms with Crippen LogP contribution in [0, 0.1) is 27.7 Å². The van der Waals surface area contributed by atoms with E-state index in [2.05, 4.69) is 5.16 Å². The molecule has 0 atom stereocenters. The van der Waals surface area contributed by atoms with Crippen LogP contribution in [-0.4, -0.2) is 54.9 Å². The molecule has 0 spiro atoms. The van der Waals surface area contributed by atoms with Crippen molar-refractivity contribution in [2.45, 2.75) is 32.6 Å². The van der Waals surface area contributed by atoms with E-state index < -0.39 is 10.0 Å². The molecule has 0 N–H and O–H groups in total. The van der Waals surface area contributed by atoms with Gasteiger partial charge in [-0.15, -0.1) is 0 Å². The van der Waals surface area contributed by atoms with Crippen LogP contribution in [0.15, 0.2) is 27.6 Å². The SMILES string of the molecule is Cc1ccc(C)c(C(=O)N2CCN(S(=O)(=O)c3c(C)noc3C)CC2)c1. The maximum Gasteiger partial charge on any atom is 0.254 e. The topological polar surface area (TPSA) is 83.7 Å². The molecular formula is C18H23N3O4S. The highest BCUT2D eigenvalue weighted by Gasteiger charge is 2.34. The molecule has 1 aliphatic heterocycles. The third kappa shape index (κ3) is 3.26. The maximum absolute atomic E-state index is 12.9. The molecule has 2 aromatic rings. The smallest absolute Gasteiger partial charge is 0.254 e. The first-order valence-electron chi connectivity index (χ1n) is 8.51. The van der Waals surface area contributed by atoms with E-state index in [0.29, 0.717) is 24.3 Å². The normalized spacial score (nSPS) is 16.1. The average Bonchev–Trinajstić information content (AvgIpc) is 2.95. The summed E-state index contributed by atoms with van der Waals surface area (Å²) in [6, 6.07) is 5.78. The van der Waals surface area contributed by atoms with E-state index in [0.717, 1.165) is 11.1 Å². The van der Waals surface area contributed by atoms with E-state index in [1.54, 1.807) is 18.7 Å². The highest BCUT2D eigenvalue weighted by atomic mass is 32.2. The first-order valence-corrected chi connectivity index (χ1v) is 9.95. The van der Waals surface area contributed by atoms with Crippen molar-refractivity contribution in [1.82, 2.24) is 14.4 Å². The third-order valence-corrected chi connectivity index (χ3v) is 6.86. The van der Waals surface area contributed by atoms with Gasteiger partial charge in [-0.05, 0) is 39.3 Å². The van der Waals surface area contributed by atoms with E-state index in [1.807, 2.05) is 32.0 Å². The summed E-state index contributed by atoms with van der Waals surface area (Å²) >= 11 is 0. The minimum Gasteiger partial charge on any atom is -0.360 e. The molecule has 3 rings (SSSR count). The van der Waals surface area contributed by atoms with E-state index in [4.69, 9.17) is 4.52 Å². The summed E-state index contributed by atoms with van der Waals surface area (Å²) in [5, 5.41) is 3.73. The van der Waals surface area contributed by atoms with Gasteiger partial charge in [0.25, 0.3) is 5.91 Å². The van der Waals surface area contributed by atoms with Gasteiger partial charge in [-0.1, -0.05) is 22.9 Å². The van der Waals surface area contributed by atoms with Crippen molar-refractivity contribution >= 4 is 15.9 Å². The first-order chi connectivity index (χ1) is 12.2. The van der Waals surface area contributed by atoms with Gasteiger partial charge in [-0.25, -0.2) is 8.42 Å². The molecule has 0 aliphatic carbocycles. The lowest BCUT2D eigenvalue weighted by molar-refractivity contribution is 0.0697. The molecule has 0 radical (unpaired) electrons. The first kappa shape index (κ1) is 18.6. The molecule has 1 aliphatic rings. The van der Waals surface area contributed by atoms with Gasteiger partial charge in [0.15, 0.2) is 5.76 Å². The number of sulfonamides is 1. The predicted octanol–water partition coefficient (Wildman–Crippen LogP) is 2.05. The summed E-state index contributed by atoms with van der Waals surface area (Å²) in [5.41, 5.74) is 2.98. The third-order valence-electron chi connectivity index (χ3n) is 4.72. The second-order valence-electron chi connectivity index (χ2n) is 6.67. The zero-order chi connectivity index (χ0) is 19.1. The number of hydrogen-bond donors (Lipinski definition) is 0. The highest BCUT2D eigenvalue weighted by Crippen LogP contribution is 2.24. The van der Waals surface area contributed by atoms with E-state index in [9.17, 15) is 13.2 Å². The zero-order valence-electron chi connectivity index (χ0n) is 15.4. The number of carbonyl (C=O) groups is 1. The van der Waals surface area contributed by atoms with Crippen molar-refractivity contribution in [3.63, 3.8) is 0 Å². The summed E-state index contributed by atoms with van der Waals surface area (Å²) in [6.07, 6.45) is 0. The lowest BCUT2D eigenvalue weighted by Gasteiger charge is -2.34. The Hall–Kier alpha value is -2.19. The van der Waals surface area contributed by atoms with Crippen LogP contribution in [0.4, 0.5) is 0 Å². The molecule has 1 aromatic carbocycles. The van der Waals surface area contributed by atoms with Gasteiger partial charge >= 0.3 is 0 Å². The summed E-state index contributed by atoms with van der Waals surface area (Å²) in [4.78, 5) is 14.6. The molecule has 26 heavy (non-hydrogen) atoms. The molecular weight excluding hydrogens is 354 g/mol. The van der Waals surface area contributed by atoms with Crippen molar-refractivity contribution in [3.8, 4) is 0 Å². The number of carbonyl (C=O) groups excluding carboxylic acids is 1. The summed E-state index contributed by atoms with van der Waals surface area (Å²) in [6.45, 7) is 8.28. The number of rotatable bonds is 3. The van der Waals surface area contributed by atoms with Crippen LogP contribution in [0.2, 0.25) is 0 Å². The van der Waals surface area contributed by atoms with Gasteiger partial charge in [0.1, 0.15) is 10.6 Å². The number of amides is 1. The zero-order valence-corrected chi connectivity index (χ0v) is 16.3. The minimum atomic E-state index is -3.67. The van der Waals surface area contributed by atoms with Crippen molar-refractivity contribution < 1.29 is 17.7 Å². The summed E-state index contributed by atoms with van der Waals surface area (Å²) in [7, 11) is -3.67. The maximum atomic E-state index is 12.9. The quantitative estimate of drug-likeness (QED) is 0.817. The van der Waals surface area contributed by atoms with Crippen LogP contribution < -0.4 is 0 Å². The Balaban J connectivity index is 1.75. The summed E-state index contributed by atoms with van der Waals surface area (Å²) in [5.74, 6) is 0.233. The van der Waals surface area contributed by atoms with Gasteiger partial charge in [0.05, 0.1) is 0 Å². The molecule has 2 heterocycles.